The summed E-state index contributed by atoms with van der Waals surface area (Å²) in [5.41, 5.74) is 1.93. The van der Waals surface area contributed by atoms with E-state index in [0.29, 0.717) is 50.3 Å². The molecule has 2 aromatic rings. The summed E-state index contributed by atoms with van der Waals surface area (Å²) in [7, 11) is 0. The summed E-state index contributed by atoms with van der Waals surface area (Å²) in [6.07, 6.45) is 1.26. The van der Waals surface area contributed by atoms with Crippen LogP contribution in [0.25, 0.3) is 0 Å². The second kappa shape index (κ2) is 7.34. The van der Waals surface area contributed by atoms with Gasteiger partial charge in [0.05, 0.1) is 30.9 Å². The SMILES string of the molecule is O=C(c1ccc2c(c1)C(=O)N(Cc1ccccc1)C2=O)N1CCC2(CC1)OCCO2. The van der Waals surface area contributed by atoms with Crippen LogP contribution in [0.4, 0.5) is 0 Å². The van der Waals surface area contributed by atoms with Crippen LogP contribution in [0.5, 0.6) is 0 Å². The summed E-state index contributed by atoms with van der Waals surface area (Å²) in [4.78, 5) is 41.6. The highest BCUT2D eigenvalue weighted by Crippen LogP contribution is 2.32. The lowest BCUT2D eigenvalue weighted by Crippen LogP contribution is -2.47. The van der Waals surface area contributed by atoms with Crippen LogP contribution in [0.2, 0.25) is 0 Å². The monoisotopic (exact) mass is 406 g/mol. The van der Waals surface area contributed by atoms with E-state index in [4.69, 9.17) is 9.47 Å². The Hall–Kier alpha value is -3.03. The summed E-state index contributed by atoms with van der Waals surface area (Å²) in [5, 5.41) is 0. The largest absolute Gasteiger partial charge is 0.347 e. The maximum Gasteiger partial charge on any atom is 0.261 e. The number of hydrogen-bond donors (Lipinski definition) is 0. The third-order valence-electron chi connectivity index (χ3n) is 6.03. The fraction of sp³-hybridized carbons (Fsp3) is 0.348. The van der Waals surface area contributed by atoms with Gasteiger partial charge in [0.15, 0.2) is 5.79 Å². The van der Waals surface area contributed by atoms with Gasteiger partial charge in [0, 0.05) is 31.5 Å². The second-order valence-electron chi connectivity index (χ2n) is 7.84. The number of hydrogen-bond acceptors (Lipinski definition) is 5. The molecule has 3 aliphatic heterocycles. The molecule has 2 saturated heterocycles. The van der Waals surface area contributed by atoms with Crippen molar-refractivity contribution < 1.29 is 23.9 Å². The molecule has 3 amide bonds. The second-order valence-corrected chi connectivity index (χ2v) is 7.84. The van der Waals surface area contributed by atoms with Crippen LogP contribution in [0.15, 0.2) is 48.5 Å². The zero-order chi connectivity index (χ0) is 20.7. The molecule has 3 heterocycles. The van der Waals surface area contributed by atoms with E-state index in [1.54, 1.807) is 23.1 Å². The van der Waals surface area contributed by atoms with Gasteiger partial charge in [-0.15, -0.1) is 0 Å². The van der Waals surface area contributed by atoms with Crippen molar-refractivity contribution in [3.05, 3.63) is 70.8 Å². The van der Waals surface area contributed by atoms with Crippen LogP contribution in [0.1, 0.15) is 49.5 Å². The molecule has 5 rings (SSSR count). The first-order valence-corrected chi connectivity index (χ1v) is 10.2. The fourth-order valence-electron chi connectivity index (χ4n) is 4.35. The Morgan fingerprint density at radius 3 is 2.27 bits per heavy atom. The lowest BCUT2D eigenvalue weighted by Gasteiger charge is -2.37. The normalized spacial score (nSPS) is 20.1. The maximum absolute atomic E-state index is 13.0. The quantitative estimate of drug-likeness (QED) is 0.732. The number of benzene rings is 2. The molecule has 0 saturated carbocycles. The third kappa shape index (κ3) is 3.20. The lowest BCUT2D eigenvalue weighted by atomic mass is 10.0. The van der Waals surface area contributed by atoms with Gasteiger partial charge in [-0.3, -0.25) is 19.3 Å². The predicted octanol–water partition coefficient (Wildman–Crippen LogP) is 2.46. The van der Waals surface area contributed by atoms with E-state index < -0.39 is 5.79 Å². The van der Waals surface area contributed by atoms with Crippen molar-refractivity contribution in [1.82, 2.24) is 9.80 Å². The highest BCUT2D eigenvalue weighted by molar-refractivity contribution is 6.22. The first kappa shape index (κ1) is 19.0. The number of carbonyl (C=O) groups excluding carboxylic acids is 3. The fourth-order valence-corrected chi connectivity index (χ4v) is 4.35. The molecule has 0 aliphatic carbocycles. The van der Waals surface area contributed by atoms with E-state index in [-0.39, 0.29) is 29.8 Å². The first-order chi connectivity index (χ1) is 14.6. The molecule has 30 heavy (non-hydrogen) atoms. The molecule has 2 aromatic carbocycles. The van der Waals surface area contributed by atoms with E-state index in [0.717, 1.165) is 5.56 Å². The zero-order valence-electron chi connectivity index (χ0n) is 16.5. The number of likely N-dealkylation sites (tertiary alicyclic amines) is 1. The minimum Gasteiger partial charge on any atom is -0.347 e. The predicted molar refractivity (Wildman–Crippen MR) is 107 cm³/mol. The molecule has 3 aliphatic rings. The zero-order valence-corrected chi connectivity index (χ0v) is 16.5. The van der Waals surface area contributed by atoms with E-state index >= 15 is 0 Å². The molecule has 1 spiro atoms. The average Bonchev–Trinajstić information content (AvgIpc) is 3.33. The summed E-state index contributed by atoms with van der Waals surface area (Å²) in [5.74, 6) is -1.38. The van der Waals surface area contributed by atoms with Crippen LogP contribution in [-0.4, -0.2) is 59.6 Å². The molecule has 0 radical (unpaired) electrons. The first-order valence-electron chi connectivity index (χ1n) is 10.2. The maximum atomic E-state index is 13.0. The Morgan fingerprint density at radius 1 is 0.900 bits per heavy atom. The molecule has 0 unspecified atom stereocenters. The van der Waals surface area contributed by atoms with Crippen molar-refractivity contribution in [1.29, 1.82) is 0 Å². The van der Waals surface area contributed by atoms with Gasteiger partial charge < -0.3 is 14.4 Å². The van der Waals surface area contributed by atoms with Gasteiger partial charge in [-0.2, -0.15) is 0 Å². The van der Waals surface area contributed by atoms with Gasteiger partial charge in [-0.1, -0.05) is 30.3 Å². The van der Waals surface area contributed by atoms with Gasteiger partial charge >= 0.3 is 0 Å². The van der Waals surface area contributed by atoms with Crippen molar-refractivity contribution >= 4 is 17.7 Å². The molecule has 0 atom stereocenters. The van der Waals surface area contributed by atoms with Crippen molar-refractivity contribution in [2.75, 3.05) is 26.3 Å². The summed E-state index contributed by atoms with van der Waals surface area (Å²) < 4.78 is 11.4. The molecular weight excluding hydrogens is 384 g/mol. The third-order valence-corrected chi connectivity index (χ3v) is 6.03. The number of nitrogens with zero attached hydrogens (tertiary/aromatic N) is 2. The van der Waals surface area contributed by atoms with Crippen LogP contribution < -0.4 is 0 Å². The minimum atomic E-state index is -0.547. The van der Waals surface area contributed by atoms with Crippen molar-refractivity contribution in [3.8, 4) is 0 Å². The number of carbonyl (C=O) groups is 3. The Balaban J connectivity index is 1.32. The lowest BCUT2D eigenvalue weighted by molar-refractivity contribution is -0.181. The van der Waals surface area contributed by atoms with E-state index in [1.165, 1.54) is 4.90 Å². The summed E-state index contributed by atoms with van der Waals surface area (Å²) in [6.45, 7) is 2.46. The minimum absolute atomic E-state index is 0.146. The smallest absolute Gasteiger partial charge is 0.261 e. The summed E-state index contributed by atoms with van der Waals surface area (Å²) in [6, 6.07) is 14.1. The van der Waals surface area contributed by atoms with Gasteiger partial charge in [0.25, 0.3) is 17.7 Å². The Morgan fingerprint density at radius 2 is 1.57 bits per heavy atom. The van der Waals surface area contributed by atoms with Crippen molar-refractivity contribution in [3.63, 3.8) is 0 Å². The molecule has 0 bridgehead atoms. The topological polar surface area (TPSA) is 76.2 Å². The number of ether oxygens (including phenoxy) is 2. The highest BCUT2D eigenvalue weighted by Gasteiger charge is 2.41. The van der Waals surface area contributed by atoms with Crippen LogP contribution in [-0.2, 0) is 16.0 Å². The Kier molecular flexibility index (Phi) is 4.64. The number of fused-ring (bicyclic) bond motifs is 1. The van der Waals surface area contributed by atoms with Crippen LogP contribution in [0, 0.1) is 0 Å². The Bertz CT molecular complexity index is 1000. The molecule has 2 fully saturated rings. The van der Waals surface area contributed by atoms with Gasteiger partial charge in [-0.25, -0.2) is 0 Å². The average molecular weight is 406 g/mol. The molecule has 154 valence electrons. The van der Waals surface area contributed by atoms with Crippen LogP contribution >= 0.6 is 0 Å². The standard InChI is InChI=1S/C23H22N2O5/c26-20(24-10-8-23(9-11-24)29-12-13-30-23)17-6-7-18-19(14-17)22(28)25(21(18)27)15-16-4-2-1-3-5-16/h1-7,14H,8-13,15H2. The molecular formula is C23H22N2O5. The molecule has 7 nitrogen and oxygen atoms in total. The van der Waals surface area contributed by atoms with Crippen molar-refractivity contribution in [2.24, 2.45) is 0 Å². The Labute approximate surface area is 174 Å². The number of rotatable bonds is 3. The molecule has 0 aromatic heterocycles. The van der Waals surface area contributed by atoms with Gasteiger partial charge in [-0.05, 0) is 23.8 Å². The van der Waals surface area contributed by atoms with Crippen LogP contribution in [0.3, 0.4) is 0 Å². The highest BCUT2D eigenvalue weighted by atomic mass is 16.7. The van der Waals surface area contributed by atoms with Gasteiger partial charge in [0.1, 0.15) is 0 Å². The number of amides is 3. The summed E-state index contributed by atoms with van der Waals surface area (Å²) >= 11 is 0. The van der Waals surface area contributed by atoms with E-state index in [1.807, 2.05) is 30.3 Å². The number of imide groups is 1. The molecule has 7 heteroatoms. The molecule has 0 N–H and O–H groups in total. The van der Waals surface area contributed by atoms with Gasteiger partial charge in [0.2, 0.25) is 0 Å². The van der Waals surface area contributed by atoms with Crippen molar-refractivity contribution in [2.45, 2.75) is 25.2 Å². The van der Waals surface area contributed by atoms with E-state index in [9.17, 15) is 14.4 Å². The van der Waals surface area contributed by atoms with E-state index in [2.05, 4.69) is 0 Å². The number of piperidine rings is 1.